The van der Waals surface area contributed by atoms with Crippen LogP contribution in [0.15, 0.2) is 91.0 Å². The van der Waals surface area contributed by atoms with Gasteiger partial charge in [0.25, 0.3) is 0 Å². The summed E-state index contributed by atoms with van der Waals surface area (Å²) in [5, 5.41) is 0. The van der Waals surface area contributed by atoms with Crippen molar-refractivity contribution >= 4 is 0 Å². The van der Waals surface area contributed by atoms with E-state index in [1.807, 2.05) is 24.3 Å². The van der Waals surface area contributed by atoms with E-state index in [1.165, 1.54) is 31.2 Å². The highest BCUT2D eigenvalue weighted by Crippen LogP contribution is 2.36. The highest BCUT2D eigenvalue weighted by Gasteiger charge is 2.52. The standard InChI is InChI=1S/C35H45NO4/c1-2-3-4-14-22-36-23-21-31-33(36)35(39-26-30-19-12-7-13-20-30)34(38-25-29-17-10-6-11-18-29)32(40-31)27-37-24-28-15-8-5-9-16-28/h5-13,15-20,31-35H,2-4,14,21-27H2,1H3. The summed E-state index contributed by atoms with van der Waals surface area (Å²) in [6.45, 7) is 6.48. The van der Waals surface area contributed by atoms with Crippen LogP contribution in [-0.2, 0) is 38.8 Å². The van der Waals surface area contributed by atoms with E-state index in [-0.39, 0.29) is 30.5 Å². The molecule has 0 bridgehead atoms. The van der Waals surface area contributed by atoms with Crippen LogP contribution in [0.4, 0.5) is 0 Å². The summed E-state index contributed by atoms with van der Waals surface area (Å²) in [4.78, 5) is 2.61. The molecule has 3 aromatic rings. The molecule has 0 radical (unpaired) electrons. The van der Waals surface area contributed by atoms with E-state index in [1.54, 1.807) is 0 Å². The number of likely N-dealkylation sites (tertiary alicyclic amines) is 1. The number of hydrogen-bond donors (Lipinski definition) is 0. The lowest BCUT2D eigenvalue weighted by atomic mass is 9.92. The Hall–Kier alpha value is -2.54. The van der Waals surface area contributed by atoms with Gasteiger partial charge >= 0.3 is 0 Å². The van der Waals surface area contributed by atoms with Crippen LogP contribution in [0.3, 0.4) is 0 Å². The van der Waals surface area contributed by atoms with Crippen molar-refractivity contribution in [1.82, 2.24) is 4.90 Å². The van der Waals surface area contributed by atoms with Crippen molar-refractivity contribution in [3.8, 4) is 0 Å². The fourth-order valence-electron chi connectivity index (χ4n) is 6.06. The second kappa shape index (κ2) is 15.5. The van der Waals surface area contributed by atoms with E-state index in [9.17, 15) is 0 Å². The lowest BCUT2D eigenvalue weighted by molar-refractivity contribution is -0.235. The molecule has 5 nitrogen and oxygen atoms in total. The van der Waals surface area contributed by atoms with Crippen LogP contribution in [0, 0.1) is 0 Å². The van der Waals surface area contributed by atoms with Gasteiger partial charge in [0.1, 0.15) is 18.3 Å². The third-order valence-electron chi connectivity index (χ3n) is 8.14. The lowest BCUT2D eigenvalue weighted by Gasteiger charge is -2.46. The quantitative estimate of drug-likeness (QED) is 0.197. The molecule has 0 saturated carbocycles. The first-order valence-corrected chi connectivity index (χ1v) is 15.1. The Bertz CT molecular complexity index is 1100. The zero-order chi connectivity index (χ0) is 27.4. The van der Waals surface area contributed by atoms with Gasteiger partial charge in [-0.25, -0.2) is 0 Å². The van der Waals surface area contributed by atoms with Crippen molar-refractivity contribution in [1.29, 1.82) is 0 Å². The smallest absolute Gasteiger partial charge is 0.114 e. The van der Waals surface area contributed by atoms with Crippen LogP contribution >= 0.6 is 0 Å². The molecule has 2 aliphatic heterocycles. The predicted molar refractivity (Wildman–Crippen MR) is 159 cm³/mol. The van der Waals surface area contributed by atoms with Gasteiger partial charge in [0, 0.05) is 6.54 Å². The Balaban J connectivity index is 1.35. The fourth-order valence-corrected chi connectivity index (χ4v) is 6.06. The first-order valence-electron chi connectivity index (χ1n) is 15.1. The molecule has 2 aliphatic rings. The number of nitrogens with zero attached hydrogens (tertiary/aromatic N) is 1. The van der Waals surface area contributed by atoms with E-state index in [2.05, 4.69) is 78.6 Å². The van der Waals surface area contributed by atoms with E-state index in [4.69, 9.17) is 18.9 Å². The maximum absolute atomic E-state index is 6.83. The number of hydrogen-bond acceptors (Lipinski definition) is 5. The minimum absolute atomic E-state index is 0.110. The average Bonchev–Trinajstić information content (AvgIpc) is 3.41. The Labute approximate surface area is 240 Å². The van der Waals surface area contributed by atoms with Gasteiger partial charge in [0.2, 0.25) is 0 Å². The van der Waals surface area contributed by atoms with Crippen molar-refractivity contribution < 1.29 is 18.9 Å². The van der Waals surface area contributed by atoms with Gasteiger partial charge < -0.3 is 18.9 Å². The SMILES string of the molecule is CCCCCCN1CCC2OC(COCc3ccccc3)C(OCc3ccccc3)C(OCc3ccccc3)C21. The van der Waals surface area contributed by atoms with E-state index in [0.717, 1.165) is 30.6 Å². The van der Waals surface area contributed by atoms with Gasteiger partial charge in [0.05, 0.1) is 38.6 Å². The molecule has 5 heteroatoms. The van der Waals surface area contributed by atoms with Crippen molar-refractivity contribution in [2.75, 3.05) is 19.7 Å². The van der Waals surface area contributed by atoms with Crippen LogP contribution in [0.2, 0.25) is 0 Å². The fraction of sp³-hybridized carbons (Fsp3) is 0.486. The average molecular weight is 544 g/mol. The maximum Gasteiger partial charge on any atom is 0.114 e. The number of rotatable bonds is 15. The highest BCUT2D eigenvalue weighted by molar-refractivity contribution is 5.16. The van der Waals surface area contributed by atoms with E-state index < -0.39 is 0 Å². The largest absolute Gasteiger partial charge is 0.374 e. The van der Waals surface area contributed by atoms with Crippen molar-refractivity contribution in [3.05, 3.63) is 108 Å². The molecule has 0 aromatic heterocycles. The summed E-state index contributed by atoms with van der Waals surface area (Å²) in [7, 11) is 0. The minimum Gasteiger partial charge on any atom is -0.374 e. The molecule has 40 heavy (non-hydrogen) atoms. The first-order chi connectivity index (χ1) is 19.8. The Morgan fingerprint density at radius 3 is 1.88 bits per heavy atom. The van der Waals surface area contributed by atoms with Crippen LogP contribution in [0.5, 0.6) is 0 Å². The molecule has 2 heterocycles. The number of fused-ring (bicyclic) bond motifs is 1. The van der Waals surface area contributed by atoms with Gasteiger partial charge in [-0.15, -0.1) is 0 Å². The van der Waals surface area contributed by atoms with Gasteiger partial charge in [-0.3, -0.25) is 4.90 Å². The van der Waals surface area contributed by atoms with Crippen molar-refractivity contribution in [3.63, 3.8) is 0 Å². The molecule has 214 valence electrons. The molecule has 0 N–H and O–H groups in total. The summed E-state index contributed by atoms with van der Waals surface area (Å²) in [6, 6.07) is 31.4. The van der Waals surface area contributed by atoms with Gasteiger partial charge in [-0.1, -0.05) is 117 Å². The highest BCUT2D eigenvalue weighted by atomic mass is 16.6. The second-order valence-electron chi connectivity index (χ2n) is 11.1. The molecule has 0 spiro atoms. The van der Waals surface area contributed by atoms with Crippen LogP contribution in [0.25, 0.3) is 0 Å². The summed E-state index contributed by atoms with van der Waals surface area (Å²) in [6.07, 6.45) is 5.60. The molecule has 2 saturated heterocycles. The number of benzene rings is 3. The monoisotopic (exact) mass is 543 g/mol. The number of ether oxygens (including phenoxy) is 4. The van der Waals surface area contributed by atoms with Crippen LogP contribution in [-0.4, -0.2) is 55.1 Å². The zero-order valence-electron chi connectivity index (χ0n) is 23.9. The molecule has 3 aromatic carbocycles. The lowest BCUT2D eigenvalue weighted by Crippen LogP contribution is -2.62. The molecule has 5 atom stereocenters. The Kier molecular flexibility index (Phi) is 11.2. The van der Waals surface area contributed by atoms with Crippen LogP contribution < -0.4 is 0 Å². The first kappa shape index (κ1) is 29.0. The van der Waals surface area contributed by atoms with Crippen molar-refractivity contribution in [2.45, 2.75) is 89.3 Å². The third kappa shape index (κ3) is 8.02. The number of unbranched alkanes of at least 4 members (excludes halogenated alkanes) is 3. The summed E-state index contributed by atoms with van der Waals surface area (Å²) in [5.41, 5.74) is 3.49. The predicted octanol–water partition coefficient (Wildman–Crippen LogP) is 6.80. The summed E-state index contributed by atoms with van der Waals surface area (Å²) in [5.74, 6) is 0. The minimum atomic E-state index is -0.239. The molecule has 5 unspecified atom stereocenters. The summed E-state index contributed by atoms with van der Waals surface area (Å²) >= 11 is 0. The van der Waals surface area contributed by atoms with Gasteiger partial charge in [-0.05, 0) is 36.1 Å². The van der Waals surface area contributed by atoms with Gasteiger partial charge in [0.15, 0.2) is 0 Å². The normalized spacial score (nSPS) is 24.7. The molecule has 0 amide bonds. The van der Waals surface area contributed by atoms with E-state index >= 15 is 0 Å². The molecular weight excluding hydrogens is 498 g/mol. The van der Waals surface area contributed by atoms with Crippen LogP contribution in [0.1, 0.15) is 55.7 Å². The Morgan fingerprint density at radius 1 is 0.700 bits per heavy atom. The molecule has 0 aliphatic carbocycles. The third-order valence-corrected chi connectivity index (χ3v) is 8.14. The molecule has 2 fully saturated rings. The second-order valence-corrected chi connectivity index (χ2v) is 11.1. The summed E-state index contributed by atoms with van der Waals surface area (Å²) < 4.78 is 26.6. The topological polar surface area (TPSA) is 40.2 Å². The van der Waals surface area contributed by atoms with Crippen molar-refractivity contribution in [2.24, 2.45) is 0 Å². The van der Waals surface area contributed by atoms with Gasteiger partial charge in [-0.2, -0.15) is 0 Å². The molecular formula is C35H45NO4. The Morgan fingerprint density at radius 2 is 1.27 bits per heavy atom. The molecule has 5 rings (SSSR count). The van der Waals surface area contributed by atoms with E-state index in [0.29, 0.717) is 26.4 Å². The maximum atomic E-state index is 6.83. The zero-order valence-corrected chi connectivity index (χ0v) is 23.9.